The van der Waals surface area contributed by atoms with E-state index in [1.54, 1.807) is 12.1 Å². The van der Waals surface area contributed by atoms with E-state index in [2.05, 4.69) is 34.5 Å². The molecule has 132 valence electrons. The summed E-state index contributed by atoms with van der Waals surface area (Å²) in [7, 11) is 0. The van der Waals surface area contributed by atoms with E-state index in [4.69, 9.17) is 5.11 Å². The Balaban J connectivity index is 1.46. The Bertz CT molecular complexity index is 680. The van der Waals surface area contributed by atoms with Gasteiger partial charge in [0.1, 0.15) is 0 Å². The lowest BCUT2D eigenvalue weighted by Gasteiger charge is -2.26. The SMILES string of the molecule is O=C(O)c1ccc(CNc2ccc(CCN3CCSCC3)cc2)cc1. The second-order valence-electron chi connectivity index (χ2n) is 6.26. The van der Waals surface area contributed by atoms with Crippen molar-refractivity contribution in [3.63, 3.8) is 0 Å². The van der Waals surface area contributed by atoms with Crippen LogP contribution in [0.4, 0.5) is 5.69 Å². The molecule has 1 aliphatic rings. The van der Waals surface area contributed by atoms with Gasteiger partial charge in [0.25, 0.3) is 0 Å². The average Bonchev–Trinajstić information content (AvgIpc) is 2.67. The summed E-state index contributed by atoms with van der Waals surface area (Å²) in [4.78, 5) is 13.4. The summed E-state index contributed by atoms with van der Waals surface area (Å²) >= 11 is 2.05. The van der Waals surface area contributed by atoms with Gasteiger partial charge in [0.05, 0.1) is 5.56 Å². The van der Waals surface area contributed by atoms with Crippen LogP contribution in [0, 0.1) is 0 Å². The first-order valence-electron chi connectivity index (χ1n) is 8.66. The van der Waals surface area contributed by atoms with Gasteiger partial charge in [-0.2, -0.15) is 11.8 Å². The van der Waals surface area contributed by atoms with Crippen molar-refractivity contribution in [1.82, 2.24) is 4.90 Å². The van der Waals surface area contributed by atoms with E-state index in [9.17, 15) is 4.79 Å². The standard InChI is InChI=1S/C20H24N2O2S/c23-20(24)18-5-1-17(2-6-18)15-21-19-7-3-16(4-8-19)9-10-22-11-13-25-14-12-22/h1-8,21H,9-15H2,(H,23,24). The zero-order valence-electron chi connectivity index (χ0n) is 14.3. The Labute approximate surface area is 153 Å². The van der Waals surface area contributed by atoms with Crippen LogP contribution in [-0.4, -0.2) is 47.1 Å². The number of anilines is 1. The van der Waals surface area contributed by atoms with Gasteiger partial charge in [-0.25, -0.2) is 4.79 Å². The van der Waals surface area contributed by atoms with Crippen LogP contribution < -0.4 is 5.32 Å². The van der Waals surface area contributed by atoms with Gasteiger partial charge >= 0.3 is 5.97 Å². The number of rotatable bonds is 7. The fourth-order valence-electron chi connectivity index (χ4n) is 2.87. The molecule has 1 saturated heterocycles. The largest absolute Gasteiger partial charge is 0.478 e. The summed E-state index contributed by atoms with van der Waals surface area (Å²) in [5, 5.41) is 12.3. The highest BCUT2D eigenvalue weighted by molar-refractivity contribution is 7.99. The van der Waals surface area contributed by atoms with Gasteiger partial charge in [-0.1, -0.05) is 24.3 Å². The Kier molecular flexibility index (Phi) is 6.36. The van der Waals surface area contributed by atoms with E-state index in [0.717, 1.165) is 24.2 Å². The number of carbonyl (C=O) groups is 1. The van der Waals surface area contributed by atoms with E-state index < -0.39 is 5.97 Å². The minimum atomic E-state index is -0.890. The predicted octanol–water partition coefficient (Wildman–Crippen LogP) is 3.59. The number of nitrogens with zero attached hydrogens (tertiary/aromatic N) is 1. The Morgan fingerprint density at radius 2 is 1.64 bits per heavy atom. The molecule has 0 aromatic heterocycles. The summed E-state index contributed by atoms with van der Waals surface area (Å²) < 4.78 is 0. The first-order chi connectivity index (χ1) is 12.2. The number of carboxylic acid groups (broad SMARTS) is 1. The van der Waals surface area contributed by atoms with Crippen LogP contribution in [0.15, 0.2) is 48.5 Å². The molecule has 0 saturated carbocycles. The van der Waals surface area contributed by atoms with E-state index in [0.29, 0.717) is 12.1 Å². The molecule has 0 atom stereocenters. The highest BCUT2D eigenvalue weighted by Gasteiger charge is 2.09. The van der Waals surface area contributed by atoms with Crippen molar-refractivity contribution in [2.45, 2.75) is 13.0 Å². The number of aromatic carboxylic acids is 1. The number of carboxylic acids is 1. The van der Waals surface area contributed by atoms with Gasteiger partial charge in [-0.15, -0.1) is 0 Å². The lowest BCUT2D eigenvalue weighted by Crippen LogP contribution is -2.34. The molecule has 0 unspecified atom stereocenters. The Hall–Kier alpha value is -1.98. The molecule has 0 radical (unpaired) electrons. The van der Waals surface area contributed by atoms with Crippen LogP contribution >= 0.6 is 11.8 Å². The van der Waals surface area contributed by atoms with Crippen molar-refractivity contribution in [1.29, 1.82) is 0 Å². The number of thioether (sulfide) groups is 1. The van der Waals surface area contributed by atoms with Crippen LogP contribution in [0.1, 0.15) is 21.5 Å². The molecule has 1 heterocycles. The number of hydrogen-bond acceptors (Lipinski definition) is 4. The van der Waals surface area contributed by atoms with Gasteiger partial charge in [0, 0.05) is 43.4 Å². The van der Waals surface area contributed by atoms with E-state index >= 15 is 0 Å². The van der Waals surface area contributed by atoms with Crippen molar-refractivity contribution in [3.05, 3.63) is 65.2 Å². The maximum absolute atomic E-state index is 10.9. The molecule has 25 heavy (non-hydrogen) atoms. The van der Waals surface area contributed by atoms with Crippen molar-refractivity contribution in [3.8, 4) is 0 Å². The maximum Gasteiger partial charge on any atom is 0.335 e. The van der Waals surface area contributed by atoms with Gasteiger partial charge in [0.15, 0.2) is 0 Å². The van der Waals surface area contributed by atoms with Gasteiger partial charge < -0.3 is 15.3 Å². The van der Waals surface area contributed by atoms with Crippen molar-refractivity contribution in [2.24, 2.45) is 0 Å². The highest BCUT2D eigenvalue weighted by atomic mass is 32.2. The minimum Gasteiger partial charge on any atom is -0.478 e. The highest BCUT2D eigenvalue weighted by Crippen LogP contribution is 2.14. The first kappa shape index (κ1) is 17.8. The molecule has 0 spiro atoms. The molecule has 0 aliphatic carbocycles. The first-order valence-corrected chi connectivity index (χ1v) is 9.81. The van der Waals surface area contributed by atoms with Gasteiger partial charge in [0.2, 0.25) is 0 Å². The molecule has 2 aromatic carbocycles. The number of nitrogens with one attached hydrogen (secondary N) is 1. The molecule has 0 amide bonds. The van der Waals surface area contributed by atoms with Gasteiger partial charge in [-0.3, -0.25) is 0 Å². The van der Waals surface area contributed by atoms with E-state index in [1.807, 2.05) is 23.9 Å². The Morgan fingerprint density at radius 1 is 1.00 bits per heavy atom. The van der Waals surface area contributed by atoms with Crippen LogP contribution in [0.2, 0.25) is 0 Å². The second-order valence-corrected chi connectivity index (χ2v) is 7.48. The monoisotopic (exact) mass is 356 g/mol. The summed E-state index contributed by atoms with van der Waals surface area (Å²) in [6, 6.07) is 15.6. The zero-order valence-corrected chi connectivity index (χ0v) is 15.1. The summed E-state index contributed by atoms with van der Waals surface area (Å²) in [6.07, 6.45) is 1.10. The zero-order chi connectivity index (χ0) is 17.5. The second kappa shape index (κ2) is 8.92. The van der Waals surface area contributed by atoms with Crippen molar-refractivity contribution < 1.29 is 9.90 Å². The molecule has 3 rings (SSSR count). The fraction of sp³-hybridized carbons (Fsp3) is 0.350. The lowest BCUT2D eigenvalue weighted by molar-refractivity contribution is 0.0697. The molecule has 2 N–H and O–H groups in total. The molecule has 1 fully saturated rings. The normalized spacial score (nSPS) is 15.0. The van der Waals surface area contributed by atoms with Crippen LogP contribution in [0.5, 0.6) is 0 Å². The topological polar surface area (TPSA) is 52.6 Å². The third-order valence-corrected chi connectivity index (χ3v) is 5.41. The third-order valence-electron chi connectivity index (χ3n) is 4.47. The van der Waals surface area contributed by atoms with Crippen molar-refractivity contribution in [2.75, 3.05) is 36.5 Å². The molecule has 0 bridgehead atoms. The van der Waals surface area contributed by atoms with Crippen LogP contribution in [0.3, 0.4) is 0 Å². The van der Waals surface area contributed by atoms with Gasteiger partial charge in [-0.05, 0) is 41.8 Å². The summed E-state index contributed by atoms with van der Waals surface area (Å²) in [6.45, 7) is 4.25. The summed E-state index contributed by atoms with van der Waals surface area (Å²) in [5.74, 6) is 1.63. The number of benzene rings is 2. The fourth-order valence-corrected chi connectivity index (χ4v) is 3.85. The summed E-state index contributed by atoms with van der Waals surface area (Å²) in [5.41, 5.74) is 3.84. The van der Waals surface area contributed by atoms with E-state index in [1.165, 1.54) is 30.2 Å². The molecule has 5 heteroatoms. The average molecular weight is 356 g/mol. The van der Waals surface area contributed by atoms with E-state index in [-0.39, 0.29) is 0 Å². The third kappa shape index (κ3) is 5.51. The molecule has 4 nitrogen and oxygen atoms in total. The molecular formula is C20H24N2O2S. The van der Waals surface area contributed by atoms with Crippen LogP contribution in [0.25, 0.3) is 0 Å². The molecular weight excluding hydrogens is 332 g/mol. The molecule has 1 aliphatic heterocycles. The Morgan fingerprint density at radius 3 is 2.28 bits per heavy atom. The van der Waals surface area contributed by atoms with Crippen molar-refractivity contribution >= 4 is 23.4 Å². The lowest BCUT2D eigenvalue weighted by atomic mass is 10.1. The van der Waals surface area contributed by atoms with Crippen LogP contribution in [-0.2, 0) is 13.0 Å². The predicted molar refractivity (Wildman–Crippen MR) is 105 cm³/mol. The smallest absolute Gasteiger partial charge is 0.335 e. The maximum atomic E-state index is 10.9. The number of hydrogen-bond donors (Lipinski definition) is 2. The minimum absolute atomic E-state index is 0.320. The molecule has 2 aromatic rings. The quantitative estimate of drug-likeness (QED) is 0.794.